The van der Waals surface area contributed by atoms with E-state index in [2.05, 4.69) is 11.2 Å². The minimum atomic E-state index is 0.169. The molecule has 1 aliphatic rings. The topological polar surface area (TPSA) is 29.1 Å². The van der Waals surface area contributed by atoms with E-state index in [9.17, 15) is 4.79 Å². The zero-order chi connectivity index (χ0) is 7.40. The molecule has 1 amide bonds. The molecule has 1 aliphatic heterocycles. The highest BCUT2D eigenvalue weighted by Crippen LogP contribution is 2.10. The lowest BCUT2D eigenvalue weighted by Gasteiger charge is -2.05. The van der Waals surface area contributed by atoms with Crippen molar-refractivity contribution >= 4 is 5.91 Å². The second-order valence-electron chi connectivity index (χ2n) is 2.55. The van der Waals surface area contributed by atoms with Crippen LogP contribution in [0.5, 0.6) is 0 Å². The number of carbonyl (C=O) groups is 1. The first-order valence-corrected chi connectivity index (χ1v) is 3.56. The molecule has 2 nitrogen and oxygen atoms in total. The molecule has 54 valence electrons. The van der Waals surface area contributed by atoms with E-state index in [1.807, 2.05) is 0 Å². The molecule has 0 saturated carbocycles. The van der Waals surface area contributed by atoms with Crippen LogP contribution in [0.3, 0.4) is 0 Å². The van der Waals surface area contributed by atoms with Crippen LogP contribution in [0.4, 0.5) is 0 Å². The molecule has 0 aliphatic carbocycles. The SMILES string of the molecule is C#CCC[C@@H]1CCC(=O)N1. The molecule has 1 fully saturated rings. The Kier molecular flexibility index (Phi) is 2.33. The van der Waals surface area contributed by atoms with Crippen LogP contribution in [0.25, 0.3) is 0 Å². The fraction of sp³-hybridized carbons (Fsp3) is 0.625. The highest BCUT2D eigenvalue weighted by atomic mass is 16.1. The van der Waals surface area contributed by atoms with Crippen molar-refractivity contribution in [2.75, 3.05) is 0 Å². The molecule has 0 radical (unpaired) electrons. The van der Waals surface area contributed by atoms with Gasteiger partial charge >= 0.3 is 0 Å². The molecule has 2 heteroatoms. The van der Waals surface area contributed by atoms with Gasteiger partial charge in [0.25, 0.3) is 0 Å². The standard InChI is InChI=1S/C8H11NO/c1-2-3-4-7-5-6-8(10)9-7/h1,7H,3-6H2,(H,9,10)/t7-/m1/s1. The van der Waals surface area contributed by atoms with Crippen molar-refractivity contribution in [3.8, 4) is 12.3 Å². The van der Waals surface area contributed by atoms with Crippen LogP contribution in [-0.2, 0) is 4.79 Å². The molecule has 0 bridgehead atoms. The summed E-state index contributed by atoms with van der Waals surface area (Å²) in [5, 5.41) is 2.85. The Balaban J connectivity index is 2.20. The monoisotopic (exact) mass is 137 g/mol. The van der Waals surface area contributed by atoms with Gasteiger partial charge in [-0.15, -0.1) is 12.3 Å². The van der Waals surface area contributed by atoms with Gasteiger partial charge < -0.3 is 5.32 Å². The van der Waals surface area contributed by atoms with Crippen molar-refractivity contribution in [3.05, 3.63) is 0 Å². The summed E-state index contributed by atoms with van der Waals surface area (Å²) in [5.41, 5.74) is 0. The van der Waals surface area contributed by atoms with Crippen molar-refractivity contribution in [1.82, 2.24) is 5.32 Å². The molecule has 0 unspecified atom stereocenters. The van der Waals surface area contributed by atoms with Crippen molar-refractivity contribution in [3.63, 3.8) is 0 Å². The number of rotatable bonds is 2. The summed E-state index contributed by atoms with van der Waals surface area (Å²) in [4.78, 5) is 10.7. The number of carbonyl (C=O) groups excluding carboxylic acids is 1. The summed E-state index contributed by atoms with van der Waals surface area (Å²) in [5.74, 6) is 2.73. The van der Waals surface area contributed by atoms with Gasteiger partial charge in [-0.1, -0.05) is 0 Å². The van der Waals surface area contributed by atoms with E-state index in [4.69, 9.17) is 6.42 Å². The summed E-state index contributed by atoms with van der Waals surface area (Å²) >= 11 is 0. The quantitative estimate of drug-likeness (QED) is 0.557. The van der Waals surface area contributed by atoms with Gasteiger partial charge in [-0.05, 0) is 12.8 Å². The molecule has 1 N–H and O–H groups in total. The molecular weight excluding hydrogens is 126 g/mol. The van der Waals surface area contributed by atoms with Crippen molar-refractivity contribution in [2.45, 2.75) is 31.7 Å². The molecule has 1 atom stereocenters. The Labute approximate surface area is 61.0 Å². The van der Waals surface area contributed by atoms with Gasteiger partial charge in [-0.3, -0.25) is 4.79 Å². The van der Waals surface area contributed by atoms with Crippen LogP contribution < -0.4 is 5.32 Å². The largest absolute Gasteiger partial charge is 0.353 e. The number of nitrogens with one attached hydrogen (secondary N) is 1. The van der Waals surface area contributed by atoms with E-state index in [1.165, 1.54) is 0 Å². The van der Waals surface area contributed by atoms with Crippen molar-refractivity contribution in [1.29, 1.82) is 0 Å². The maximum atomic E-state index is 10.7. The smallest absolute Gasteiger partial charge is 0.220 e. The van der Waals surface area contributed by atoms with Gasteiger partial charge in [0.15, 0.2) is 0 Å². The Hall–Kier alpha value is -0.970. The molecule has 1 rings (SSSR count). The number of terminal acetylenes is 1. The predicted octanol–water partition coefficient (Wildman–Crippen LogP) is 0.678. The third-order valence-corrected chi connectivity index (χ3v) is 1.72. The summed E-state index contributed by atoms with van der Waals surface area (Å²) in [6, 6.07) is 0.351. The van der Waals surface area contributed by atoms with E-state index in [-0.39, 0.29) is 5.91 Å². The highest BCUT2D eigenvalue weighted by Gasteiger charge is 2.19. The summed E-state index contributed by atoms with van der Waals surface area (Å²) in [6.07, 6.45) is 8.41. The Bertz CT molecular complexity index is 169. The lowest BCUT2D eigenvalue weighted by atomic mass is 10.1. The Morgan fingerprint density at radius 2 is 2.60 bits per heavy atom. The first-order valence-electron chi connectivity index (χ1n) is 3.56. The molecule has 1 heterocycles. The first kappa shape index (κ1) is 7.14. The third kappa shape index (κ3) is 1.77. The molecule has 0 aromatic heterocycles. The zero-order valence-electron chi connectivity index (χ0n) is 5.89. The minimum absolute atomic E-state index is 0.169. The van der Waals surface area contributed by atoms with Gasteiger partial charge in [0.1, 0.15) is 0 Å². The van der Waals surface area contributed by atoms with E-state index >= 15 is 0 Å². The van der Waals surface area contributed by atoms with Crippen molar-refractivity contribution in [2.24, 2.45) is 0 Å². The van der Waals surface area contributed by atoms with Gasteiger partial charge in [0.05, 0.1) is 0 Å². The minimum Gasteiger partial charge on any atom is -0.353 e. The molecule has 0 aromatic carbocycles. The lowest BCUT2D eigenvalue weighted by molar-refractivity contribution is -0.119. The van der Waals surface area contributed by atoms with Crippen LogP contribution in [-0.4, -0.2) is 11.9 Å². The second-order valence-corrected chi connectivity index (χ2v) is 2.55. The van der Waals surface area contributed by atoms with Crippen LogP contribution in [0.15, 0.2) is 0 Å². The highest BCUT2D eigenvalue weighted by molar-refractivity contribution is 5.78. The Morgan fingerprint density at radius 3 is 3.10 bits per heavy atom. The molecule has 10 heavy (non-hydrogen) atoms. The number of hydrogen-bond acceptors (Lipinski definition) is 1. The summed E-state index contributed by atoms with van der Waals surface area (Å²) in [7, 11) is 0. The zero-order valence-corrected chi connectivity index (χ0v) is 5.89. The predicted molar refractivity (Wildman–Crippen MR) is 39.2 cm³/mol. The average Bonchev–Trinajstić information content (AvgIpc) is 2.31. The molecule has 1 saturated heterocycles. The van der Waals surface area contributed by atoms with E-state index in [0.29, 0.717) is 12.5 Å². The third-order valence-electron chi connectivity index (χ3n) is 1.72. The molecule has 0 aromatic rings. The van der Waals surface area contributed by atoms with Crippen LogP contribution in [0.2, 0.25) is 0 Å². The number of amides is 1. The maximum Gasteiger partial charge on any atom is 0.220 e. The van der Waals surface area contributed by atoms with E-state index < -0.39 is 0 Å². The number of hydrogen-bond donors (Lipinski definition) is 1. The van der Waals surface area contributed by atoms with Crippen LogP contribution in [0.1, 0.15) is 25.7 Å². The van der Waals surface area contributed by atoms with Crippen molar-refractivity contribution < 1.29 is 4.79 Å². The summed E-state index contributed by atoms with van der Waals surface area (Å²) in [6.45, 7) is 0. The average molecular weight is 137 g/mol. The second kappa shape index (κ2) is 3.26. The van der Waals surface area contributed by atoms with E-state index in [0.717, 1.165) is 19.3 Å². The van der Waals surface area contributed by atoms with Gasteiger partial charge in [-0.2, -0.15) is 0 Å². The molecular formula is C8H11NO. The molecule has 0 spiro atoms. The lowest BCUT2D eigenvalue weighted by Crippen LogP contribution is -2.24. The van der Waals surface area contributed by atoms with Crippen LogP contribution >= 0.6 is 0 Å². The van der Waals surface area contributed by atoms with Gasteiger partial charge in [-0.25, -0.2) is 0 Å². The summed E-state index contributed by atoms with van der Waals surface area (Å²) < 4.78 is 0. The Morgan fingerprint density at radius 1 is 1.80 bits per heavy atom. The van der Waals surface area contributed by atoms with Crippen LogP contribution in [0, 0.1) is 12.3 Å². The van der Waals surface area contributed by atoms with Gasteiger partial charge in [0.2, 0.25) is 5.91 Å². The first-order chi connectivity index (χ1) is 4.83. The van der Waals surface area contributed by atoms with Gasteiger partial charge in [0, 0.05) is 18.9 Å². The fourth-order valence-corrected chi connectivity index (χ4v) is 1.15. The normalized spacial score (nSPS) is 23.9. The van der Waals surface area contributed by atoms with E-state index in [1.54, 1.807) is 0 Å². The fourth-order valence-electron chi connectivity index (χ4n) is 1.15. The maximum absolute atomic E-state index is 10.7.